The van der Waals surface area contributed by atoms with E-state index in [0.717, 1.165) is 41.5 Å². The molecule has 3 nitrogen and oxygen atoms in total. The molecule has 1 aromatic carbocycles. The van der Waals surface area contributed by atoms with E-state index in [-0.39, 0.29) is 5.54 Å². The summed E-state index contributed by atoms with van der Waals surface area (Å²) in [6.45, 7) is 0. The Morgan fingerprint density at radius 3 is 2.94 bits per heavy atom. The maximum atomic E-state index is 10.7. The number of aromatic nitrogens is 1. The number of nitrogens with zero attached hydrogens (tertiary/aromatic N) is 2. The molecule has 1 heterocycles. The highest BCUT2D eigenvalue weighted by molar-refractivity contribution is 7.17. The molecular weight excluding hydrogens is 232 g/mol. The number of thiazole rings is 1. The van der Waals surface area contributed by atoms with Crippen LogP contribution in [0.4, 0.5) is 0 Å². The van der Waals surface area contributed by atoms with Crippen LogP contribution in [0.5, 0.6) is 0 Å². The van der Waals surface area contributed by atoms with E-state index >= 15 is 0 Å². The first-order chi connectivity index (χ1) is 8.36. The van der Waals surface area contributed by atoms with Gasteiger partial charge in [0.2, 0.25) is 6.08 Å². The van der Waals surface area contributed by atoms with Crippen molar-refractivity contribution in [2.45, 2.75) is 31.2 Å². The topological polar surface area (TPSA) is 42.3 Å². The summed E-state index contributed by atoms with van der Waals surface area (Å²) in [5, 5.41) is 0. The van der Waals surface area contributed by atoms with Gasteiger partial charge in [0.1, 0.15) is 0 Å². The Bertz CT molecular complexity index is 592. The highest BCUT2D eigenvalue weighted by atomic mass is 32.1. The molecule has 0 aliphatic heterocycles. The van der Waals surface area contributed by atoms with Gasteiger partial charge < -0.3 is 0 Å². The van der Waals surface area contributed by atoms with Gasteiger partial charge in [-0.1, -0.05) is 25.0 Å². The third-order valence-corrected chi connectivity index (χ3v) is 4.42. The molecule has 0 radical (unpaired) electrons. The number of carbonyl (C=O) groups excluding carboxylic acids is 1. The van der Waals surface area contributed by atoms with E-state index in [1.54, 1.807) is 17.4 Å². The molecule has 0 atom stereocenters. The van der Waals surface area contributed by atoms with Gasteiger partial charge >= 0.3 is 0 Å². The van der Waals surface area contributed by atoms with E-state index in [4.69, 9.17) is 0 Å². The molecule has 17 heavy (non-hydrogen) atoms. The third kappa shape index (κ3) is 1.61. The van der Waals surface area contributed by atoms with Gasteiger partial charge in [0.15, 0.2) is 0 Å². The van der Waals surface area contributed by atoms with E-state index in [0.29, 0.717) is 0 Å². The van der Waals surface area contributed by atoms with Crippen LogP contribution in [0.15, 0.2) is 28.7 Å². The Kier molecular flexibility index (Phi) is 2.54. The van der Waals surface area contributed by atoms with Crippen molar-refractivity contribution < 1.29 is 4.79 Å². The second kappa shape index (κ2) is 4.06. The van der Waals surface area contributed by atoms with Crippen molar-refractivity contribution >= 4 is 27.6 Å². The lowest BCUT2D eigenvalue weighted by atomic mass is 9.89. The van der Waals surface area contributed by atoms with Gasteiger partial charge in [-0.3, -0.25) is 0 Å². The van der Waals surface area contributed by atoms with Crippen LogP contribution in [0, 0.1) is 0 Å². The van der Waals surface area contributed by atoms with Crippen molar-refractivity contribution in [3.8, 4) is 0 Å². The zero-order valence-electron chi connectivity index (χ0n) is 9.35. The number of isocyanates is 1. The number of aliphatic imine (C=N–C) groups is 1. The zero-order chi connectivity index (χ0) is 11.7. The summed E-state index contributed by atoms with van der Waals surface area (Å²) in [5.41, 5.74) is 3.66. The number of rotatable bonds is 2. The Morgan fingerprint density at radius 1 is 1.35 bits per heavy atom. The fourth-order valence-electron chi connectivity index (χ4n) is 2.74. The average molecular weight is 244 g/mol. The van der Waals surface area contributed by atoms with Crippen molar-refractivity contribution in [1.29, 1.82) is 0 Å². The lowest BCUT2D eigenvalue weighted by molar-refractivity contribution is 0.460. The molecule has 2 aromatic rings. The number of benzene rings is 1. The second-order valence-corrected chi connectivity index (χ2v) is 5.30. The zero-order valence-corrected chi connectivity index (χ0v) is 10.2. The summed E-state index contributed by atoms with van der Waals surface area (Å²) >= 11 is 1.62. The molecule has 0 unspecified atom stereocenters. The molecule has 1 aromatic heterocycles. The summed E-state index contributed by atoms with van der Waals surface area (Å²) in [6, 6.07) is 6.08. The van der Waals surface area contributed by atoms with Crippen LogP contribution in [0.2, 0.25) is 0 Å². The van der Waals surface area contributed by atoms with Crippen LogP contribution in [0.3, 0.4) is 0 Å². The van der Waals surface area contributed by atoms with E-state index in [9.17, 15) is 4.79 Å². The predicted octanol–water partition coefficient (Wildman–Crippen LogP) is 3.40. The lowest BCUT2D eigenvalue weighted by Crippen LogP contribution is -2.18. The maximum absolute atomic E-state index is 10.7. The van der Waals surface area contributed by atoms with Gasteiger partial charge in [-0.2, -0.15) is 4.99 Å². The van der Waals surface area contributed by atoms with Gasteiger partial charge in [0, 0.05) is 0 Å². The second-order valence-electron chi connectivity index (χ2n) is 4.45. The molecule has 1 aliphatic carbocycles. The molecule has 0 spiro atoms. The van der Waals surface area contributed by atoms with E-state index in [1.807, 2.05) is 17.6 Å². The fourth-order valence-corrected chi connectivity index (χ4v) is 3.64. The Balaban J connectivity index is 2.25. The first-order valence-electron chi connectivity index (χ1n) is 5.77. The Morgan fingerprint density at radius 2 is 2.18 bits per heavy atom. The van der Waals surface area contributed by atoms with Crippen LogP contribution in [0.1, 0.15) is 31.2 Å². The Labute approximate surface area is 103 Å². The van der Waals surface area contributed by atoms with Crippen LogP contribution in [-0.2, 0) is 10.3 Å². The van der Waals surface area contributed by atoms with Gasteiger partial charge in [-0.15, -0.1) is 11.3 Å². The number of hydrogen-bond acceptors (Lipinski definition) is 4. The largest absolute Gasteiger partial charge is 0.245 e. The highest BCUT2D eigenvalue weighted by Crippen LogP contribution is 2.45. The first-order valence-corrected chi connectivity index (χ1v) is 6.65. The molecule has 1 aliphatic rings. The smallest absolute Gasteiger partial charge is 0.235 e. The van der Waals surface area contributed by atoms with Crippen LogP contribution in [0.25, 0.3) is 10.2 Å². The molecule has 0 amide bonds. The summed E-state index contributed by atoms with van der Waals surface area (Å²) < 4.78 is 1.16. The SMILES string of the molecule is O=C=NC1(c2cccc3ncsc23)CCCC1. The van der Waals surface area contributed by atoms with Crippen LogP contribution < -0.4 is 0 Å². The minimum absolute atomic E-state index is 0.339. The summed E-state index contributed by atoms with van der Waals surface area (Å²) in [6.07, 6.45) is 5.90. The maximum Gasteiger partial charge on any atom is 0.235 e. The van der Waals surface area contributed by atoms with Gasteiger partial charge in [-0.05, 0) is 24.5 Å². The Hall–Kier alpha value is -1.51. The molecule has 1 saturated carbocycles. The lowest BCUT2D eigenvalue weighted by Gasteiger charge is -2.23. The normalized spacial score (nSPS) is 18.1. The average Bonchev–Trinajstić information content (AvgIpc) is 2.97. The predicted molar refractivity (Wildman–Crippen MR) is 67.9 cm³/mol. The molecule has 3 rings (SSSR count). The van der Waals surface area contributed by atoms with Gasteiger partial charge in [0.05, 0.1) is 21.3 Å². The highest BCUT2D eigenvalue weighted by Gasteiger charge is 2.37. The standard InChI is InChI=1S/C13H12N2OS/c16-8-15-13(6-1-2-7-13)10-4-3-5-11-12(10)17-9-14-11/h3-5,9H,1-2,6-7H2. The molecule has 0 saturated heterocycles. The molecule has 0 bridgehead atoms. The molecular formula is C13H12N2OS. The van der Waals surface area contributed by atoms with Crippen molar-refractivity contribution in [2.24, 2.45) is 4.99 Å². The van der Waals surface area contributed by atoms with E-state index in [1.165, 1.54) is 0 Å². The summed E-state index contributed by atoms with van der Waals surface area (Å²) in [5.74, 6) is 0. The molecule has 1 fully saturated rings. The number of hydrogen-bond donors (Lipinski definition) is 0. The van der Waals surface area contributed by atoms with Gasteiger partial charge in [0.25, 0.3) is 0 Å². The molecule has 4 heteroatoms. The summed E-state index contributed by atoms with van der Waals surface area (Å²) in [7, 11) is 0. The van der Waals surface area contributed by atoms with Crippen molar-refractivity contribution in [1.82, 2.24) is 4.98 Å². The third-order valence-electron chi connectivity index (χ3n) is 3.55. The van der Waals surface area contributed by atoms with E-state index < -0.39 is 0 Å². The van der Waals surface area contributed by atoms with Crippen LogP contribution >= 0.6 is 11.3 Å². The first kappa shape index (κ1) is 10.6. The van der Waals surface area contributed by atoms with Gasteiger partial charge in [-0.25, -0.2) is 9.78 Å². The minimum Gasteiger partial charge on any atom is -0.245 e. The summed E-state index contributed by atoms with van der Waals surface area (Å²) in [4.78, 5) is 19.2. The van der Waals surface area contributed by atoms with Crippen molar-refractivity contribution in [3.05, 3.63) is 29.3 Å². The van der Waals surface area contributed by atoms with Crippen molar-refractivity contribution in [2.75, 3.05) is 0 Å². The van der Waals surface area contributed by atoms with Crippen molar-refractivity contribution in [3.63, 3.8) is 0 Å². The molecule has 86 valence electrons. The fraction of sp³-hybridized carbons (Fsp3) is 0.385. The monoisotopic (exact) mass is 244 g/mol. The molecule has 0 N–H and O–H groups in total. The number of fused-ring (bicyclic) bond motifs is 1. The quantitative estimate of drug-likeness (QED) is 0.600. The van der Waals surface area contributed by atoms with Crippen LogP contribution in [-0.4, -0.2) is 11.1 Å². The minimum atomic E-state index is -0.339. The van der Waals surface area contributed by atoms with E-state index in [2.05, 4.69) is 16.0 Å².